The van der Waals surface area contributed by atoms with Crippen molar-refractivity contribution in [2.24, 2.45) is 5.41 Å². The van der Waals surface area contributed by atoms with E-state index in [1.165, 1.54) is 38.5 Å². The third kappa shape index (κ3) is 5.62. The fourth-order valence-corrected chi connectivity index (χ4v) is 2.63. The monoisotopic (exact) mass is 408 g/mol. The summed E-state index contributed by atoms with van der Waals surface area (Å²) in [6.07, 6.45) is -0.308. The molecule has 0 saturated carbocycles. The minimum Gasteiger partial charge on any atom is -0.497 e. The van der Waals surface area contributed by atoms with Crippen LogP contribution in [0.3, 0.4) is 0 Å². The highest BCUT2D eigenvalue weighted by Gasteiger charge is 2.47. The Morgan fingerprint density at radius 1 is 0.800 bits per heavy atom. The third-order valence-electron chi connectivity index (χ3n) is 4.33. The average molecular weight is 408 g/mol. The molecule has 0 atom stereocenters. The van der Waals surface area contributed by atoms with E-state index in [-0.39, 0.29) is 18.7 Å². The number of hydrogen-bond donors (Lipinski definition) is 0. The molecule has 0 fully saturated rings. The van der Waals surface area contributed by atoms with Crippen molar-refractivity contribution in [2.75, 3.05) is 21.3 Å². The van der Waals surface area contributed by atoms with Crippen LogP contribution in [0, 0.1) is 34.9 Å². The van der Waals surface area contributed by atoms with Gasteiger partial charge in [0.05, 0.1) is 21.3 Å². The molecule has 0 amide bonds. The number of halogens is 1. The van der Waals surface area contributed by atoms with Crippen LogP contribution in [0.25, 0.3) is 0 Å². The van der Waals surface area contributed by atoms with Gasteiger partial charge in [-0.05, 0) is 48.5 Å². The summed E-state index contributed by atoms with van der Waals surface area (Å²) in [5, 5.41) is 0. The van der Waals surface area contributed by atoms with Crippen LogP contribution in [0.2, 0.25) is 0 Å². The van der Waals surface area contributed by atoms with Crippen LogP contribution in [0.5, 0.6) is 5.75 Å². The first kappa shape index (κ1) is 22.5. The molecule has 0 unspecified atom stereocenters. The van der Waals surface area contributed by atoms with Gasteiger partial charge in [0.1, 0.15) is 11.6 Å². The van der Waals surface area contributed by atoms with Gasteiger partial charge in [-0.25, -0.2) is 4.39 Å². The smallest absolute Gasteiger partial charge is 0.325 e. The quantitative estimate of drug-likeness (QED) is 0.431. The van der Waals surface area contributed by atoms with E-state index in [2.05, 4.69) is 23.7 Å². The molecular weight excluding hydrogens is 387 g/mol. The first-order valence-electron chi connectivity index (χ1n) is 8.99. The van der Waals surface area contributed by atoms with Gasteiger partial charge < -0.3 is 14.2 Å². The second-order valence-electron chi connectivity index (χ2n) is 6.26. The zero-order valence-electron chi connectivity index (χ0n) is 17.0. The van der Waals surface area contributed by atoms with Crippen LogP contribution in [0.1, 0.15) is 24.0 Å². The summed E-state index contributed by atoms with van der Waals surface area (Å²) in [6, 6.07) is 12.6. The molecule has 0 saturated heterocycles. The summed E-state index contributed by atoms with van der Waals surface area (Å²) < 4.78 is 27.8. The molecule has 0 aliphatic carbocycles. The van der Waals surface area contributed by atoms with E-state index in [4.69, 9.17) is 14.2 Å². The number of carbonyl (C=O) groups is 2. The van der Waals surface area contributed by atoms with E-state index in [1.54, 1.807) is 31.4 Å². The normalized spacial score (nSPS) is 10.0. The lowest BCUT2D eigenvalue weighted by Crippen LogP contribution is -2.40. The molecule has 0 aliphatic heterocycles. The molecule has 0 N–H and O–H groups in total. The minimum atomic E-state index is -1.70. The van der Waals surface area contributed by atoms with Crippen molar-refractivity contribution < 1.29 is 28.2 Å². The van der Waals surface area contributed by atoms with Crippen molar-refractivity contribution in [3.05, 3.63) is 65.5 Å². The van der Waals surface area contributed by atoms with Crippen LogP contribution in [0.15, 0.2) is 48.5 Å². The van der Waals surface area contributed by atoms with Crippen molar-refractivity contribution in [3.63, 3.8) is 0 Å². The van der Waals surface area contributed by atoms with E-state index in [0.29, 0.717) is 16.9 Å². The highest BCUT2D eigenvalue weighted by atomic mass is 19.1. The van der Waals surface area contributed by atoms with Gasteiger partial charge in [-0.3, -0.25) is 9.59 Å². The third-order valence-corrected chi connectivity index (χ3v) is 4.33. The molecule has 0 heterocycles. The summed E-state index contributed by atoms with van der Waals surface area (Å²) in [4.78, 5) is 25.0. The Kier molecular flexibility index (Phi) is 8.02. The van der Waals surface area contributed by atoms with E-state index < -0.39 is 17.4 Å². The van der Waals surface area contributed by atoms with Gasteiger partial charge >= 0.3 is 11.9 Å². The largest absolute Gasteiger partial charge is 0.497 e. The number of methoxy groups -OCH3 is 3. The Hall–Kier alpha value is -3.77. The molecule has 0 bridgehead atoms. The predicted molar refractivity (Wildman–Crippen MR) is 109 cm³/mol. The molecular formula is C24H21FO5. The van der Waals surface area contributed by atoms with E-state index in [9.17, 15) is 14.0 Å². The second-order valence-corrected chi connectivity index (χ2v) is 6.26. The Morgan fingerprint density at radius 3 is 1.63 bits per heavy atom. The summed E-state index contributed by atoms with van der Waals surface area (Å²) in [6.45, 7) is 0. The molecule has 30 heavy (non-hydrogen) atoms. The molecule has 0 aliphatic rings. The van der Waals surface area contributed by atoms with Crippen molar-refractivity contribution in [2.45, 2.75) is 12.8 Å². The Bertz CT molecular complexity index is 986. The zero-order valence-corrected chi connectivity index (χ0v) is 17.0. The summed E-state index contributed by atoms with van der Waals surface area (Å²) >= 11 is 0. The Balaban J connectivity index is 2.31. The average Bonchev–Trinajstić information content (AvgIpc) is 2.78. The lowest BCUT2D eigenvalue weighted by Gasteiger charge is -2.23. The molecule has 2 aromatic carbocycles. The number of esters is 2. The van der Waals surface area contributed by atoms with E-state index in [1.807, 2.05) is 0 Å². The van der Waals surface area contributed by atoms with Gasteiger partial charge in [-0.1, -0.05) is 23.7 Å². The van der Waals surface area contributed by atoms with Crippen molar-refractivity contribution >= 4 is 11.9 Å². The molecule has 154 valence electrons. The lowest BCUT2D eigenvalue weighted by molar-refractivity contribution is -0.168. The van der Waals surface area contributed by atoms with E-state index in [0.717, 1.165) is 0 Å². The first-order valence-corrected chi connectivity index (χ1v) is 8.99. The van der Waals surface area contributed by atoms with Gasteiger partial charge in [0.25, 0.3) is 0 Å². The van der Waals surface area contributed by atoms with Crippen molar-refractivity contribution in [1.82, 2.24) is 0 Å². The van der Waals surface area contributed by atoms with Crippen molar-refractivity contribution in [1.29, 1.82) is 0 Å². The van der Waals surface area contributed by atoms with Gasteiger partial charge in [0.15, 0.2) is 5.41 Å². The zero-order chi connectivity index (χ0) is 22.0. The summed E-state index contributed by atoms with van der Waals surface area (Å²) in [5.41, 5.74) is -0.461. The molecule has 0 radical (unpaired) electrons. The molecule has 5 nitrogen and oxygen atoms in total. The fourth-order valence-electron chi connectivity index (χ4n) is 2.63. The second kappa shape index (κ2) is 10.7. The summed E-state index contributed by atoms with van der Waals surface area (Å²) in [7, 11) is 3.93. The molecule has 6 heteroatoms. The topological polar surface area (TPSA) is 61.8 Å². The molecule has 0 aromatic heterocycles. The van der Waals surface area contributed by atoms with Crippen molar-refractivity contribution in [3.8, 4) is 29.4 Å². The highest BCUT2D eigenvalue weighted by molar-refractivity contribution is 6.00. The van der Waals surface area contributed by atoms with Gasteiger partial charge in [0, 0.05) is 24.0 Å². The first-order chi connectivity index (χ1) is 14.4. The number of carbonyl (C=O) groups excluding carboxylic acids is 2. The molecule has 2 rings (SSSR count). The van der Waals surface area contributed by atoms with Crippen LogP contribution >= 0.6 is 0 Å². The highest BCUT2D eigenvalue weighted by Crippen LogP contribution is 2.30. The predicted octanol–water partition coefficient (Wildman–Crippen LogP) is 3.35. The molecule has 2 aromatic rings. The SMILES string of the molecule is COC(=O)C(CC#Cc1ccc(F)cc1)(CC#Cc1ccc(OC)cc1)C(=O)OC. The number of hydrogen-bond acceptors (Lipinski definition) is 5. The number of rotatable bonds is 5. The van der Waals surface area contributed by atoms with E-state index >= 15 is 0 Å². The standard InChI is InChI=1S/C24H21FO5/c1-28-21-14-10-19(11-15-21)7-5-17-24(22(26)29-2,23(27)30-3)16-4-6-18-8-12-20(25)13-9-18/h8-15H,16-17H2,1-3H3. The van der Waals surface area contributed by atoms with Crippen LogP contribution in [0.4, 0.5) is 4.39 Å². The minimum absolute atomic E-state index is 0.142. The van der Waals surface area contributed by atoms with Crippen LogP contribution in [-0.2, 0) is 19.1 Å². The molecule has 0 spiro atoms. The van der Waals surface area contributed by atoms with Gasteiger partial charge in [0.2, 0.25) is 0 Å². The fraction of sp³-hybridized carbons (Fsp3) is 0.250. The maximum atomic E-state index is 13.0. The van der Waals surface area contributed by atoms with Crippen LogP contribution in [-0.4, -0.2) is 33.3 Å². The summed E-state index contributed by atoms with van der Waals surface area (Å²) in [5.74, 6) is 10.1. The maximum Gasteiger partial charge on any atom is 0.325 e. The number of benzene rings is 2. The Labute approximate surface area is 175 Å². The Morgan fingerprint density at radius 2 is 1.23 bits per heavy atom. The van der Waals surface area contributed by atoms with Crippen LogP contribution < -0.4 is 4.74 Å². The maximum absolute atomic E-state index is 13.0. The number of ether oxygens (including phenoxy) is 3. The lowest BCUT2D eigenvalue weighted by atomic mass is 9.81. The van der Waals surface area contributed by atoms with Gasteiger partial charge in [-0.15, -0.1) is 0 Å². The van der Waals surface area contributed by atoms with Gasteiger partial charge in [-0.2, -0.15) is 0 Å².